The van der Waals surface area contributed by atoms with E-state index in [2.05, 4.69) is 36.4 Å². The van der Waals surface area contributed by atoms with Crippen LogP contribution in [0.4, 0.5) is 5.69 Å². The van der Waals surface area contributed by atoms with Crippen LogP contribution in [0.1, 0.15) is 28.8 Å². The topological polar surface area (TPSA) is 72.7 Å². The van der Waals surface area contributed by atoms with Crippen LogP contribution in [0.2, 0.25) is 0 Å². The second kappa shape index (κ2) is 7.96. The second-order valence-electron chi connectivity index (χ2n) is 8.19. The van der Waals surface area contributed by atoms with Crippen LogP contribution in [0.5, 0.6) is 5.75 Å². The molecule has 6 nitrogen and oxygen atoms in total. The summed E-state index contributed by atoms with van der Waals surface area (Å²) in [6.45, 7) is 0.958. The average molecular weight is 426 g/mol. The van der Waals surface area contributed by atoms with Crippen LogP contribution in [0.3, 0.4) is 0 Å². The van der Waals surface area contributed by atoms with E-state index >= 15 is 0 Å². The first-order valence-electron chi connectivity index (χ1n) is 10.7. The van der Waals surface area contributed by atoms with Crippen molar-refractivity contribution in [3.8, 4) is 16.9 Å². The van der Waals surface area contributed by atoms with Gasteiger partial charge in [-0.2, -0.15) is 0 Å². The summed E-state index contributed by atoms with van der Waals surface area (Å²) in [4.78, 5) is 25.4. The molecule has 0 N–H and O–H groups in total. The van der Waals surface area contributed by atoms with Gasteiger partial charge >= 0.3 is 0 Å². The third-order valence-corrected chi connectivity index (χ3v) is 6.22. The summed E-state index contributed by atoms with van der Waals surface area (Å²) in [5.41, 5.74) is 2.85. The van der Waals surface area contributed by atoms with E-state index in [0.717, 1.165) is 22.4 Å². The van der Waals surface area contributed by atoms with Crippen LogP contribution in [0.15, 0.2) is 78.9 Å². The maximum Gasteiger partial charge on any atom is 0.282 e. The number of likely N-dealkylation sites (tertiary alicyclic amines) is 1. The third kappa shape index (κ3) is 3.64. The summed E-state index contributed by atoms with van der Waals surface area (Å²) in [7, 11) is 0. The fraction of sp³-hybridized carbons (Fsp3) is 0.192. The van der Waals surface area contributed by atoms with Crippen LogP contribution in [0, 0.1) is 10.1 Å². The molecule has 2 aliphatic rings. The summed E-state index contributed by atoms with van der Waals surface area (Å²) in [5, 5.41) is 11.3. The van der Waals surface area contributed by atoms with Gasteiger partial charge in [0, 0.05) is 37.6 Å². The largest absolute Gasteiger partial charge is 0.482 e. The normalized spacial score (nSPS) is 16.3. The lowest BCUT2D eigenvalue weighted by molar-refractivity contribution is -0.385. The van der Waals surface area contributed by atoms with Crippen molar-refractivity contribution in [2.45, 2.75) is 18.4 Å². The standard InChI is InChI=1S/C26H22N2O4/c29-25(22-8-4-5-9-23(22)28(30)31)27-16-14-26(15-17-27)13-12-21-18-20(10-11-24(21)32-26)19-6-2-1-3-7-19/h1-13,18H,14-17H2. The van der Waals surface area contributed by atoms with Gasteiger partial charge in [-0.3, -0.25) is 14.9 Å². The molecule has 160 valence electrons. The van der Waals surface area contributed by atoms with E-state index in [1.807, 2.05) is 24.3 Å². The summed E-state index contributed by atoms with van der Waals surface area (Å²) >= 11 is 0. The maximum atomic E-state index is 12.9. The lowest BCUT2D eigenvalue weighted by Crippen LogP contribution is -2.49. The van der Waals surface area contributed by atoms with Crippen molar-refractivity contribution in [1.29, 1.82) is 0 Å². The Balaban J connectivity index is 1.31. The molecule has 0 aliphatic carbocycles. The first kappa shape index (κ1) is 20.0. The molecule has 5 rings (SSSR count). The van der Waals surface area contributed by atoms with E-state index in [9.17, 15) is 14.9 Å². The molecule has 0 atom stereocenters. The molecule has 0 aromatic heterocycles. The van der Waals surface area contributed by atoms with Gasteiger partial charge in [-0.25, -0.2) is 0 Å². The molecule has 2 aliphatic heterocycles. The van der Waals surface area contributed by atoms with Crippen molar-refractivity contribution in [2.75, 3.05) is 13.1 Å². The minimum atomic E-state index is -0.508. The molecule has 1 saturated heterocycles. The number of nitrogens with zero attached hydrogens (tertiary/aromatic N) is 2. The highest BCUT2D eigenvalue weighted by Crippen LogP contribution is 2.39. The highest BCUT2D eigenvalue weighted by molar-refractivity contribution is 5.98. The van der Waals surface area contributed by atoms with E-state index in [4.69, 9.17) is 4.74 Å². The molecular weight excluding hydrogens is 404 g/mol. The number of piperidine rings is 1. The summed E-state index contributed by atoms with van der Waals surface area (Å²) < 4.78 is 6.41. The Morgan fingerprint density at radius 1 is 0.938 bits per heavy atom. The molecule has 6 heteroatoms. The Kier molecular flexibility index (Phi) is 4.98. The molecule has 0 bridgehead atoms. The number of nitro benzene ring substituents is 1. The summed E-state index contributed by atoms with van der Waals surface area (Å²) in [6.07, 6.45) is 5.47. The van der Waals surface area contributed by atoms with Gasteiger partial charge in [0.05, 0.1) is 4.92 Å². The molecule has 3 aromatic carbocycles. The van der Waals surface area contributed by atoms with Gasteiger partial charge in [-0.1, -0.05) is 54.6 Å². The molecule has 0 unspecified atom stereocenters. The Hall–Kier alpha value is -3.93. The van der Waals surface area contributed by atoms with Crippen molar-refractivity contribution in [3.63, 3.8) is 0 Å². The number of benzene rings is 3. The van der Waals surface area contributed by atoms with E-state index in [1.54, 1.807) is 17.0 Å². The van der Waals surface area contributed by atoms with Crippen LogP contribution >= 0.6 is 0 Å². The van der Waals surface area contributed by atoms with E-state index in [0.29, 0.717) is 25.9 Å². The number of ether oxygens (including phenoxy) is 1. The van der Waals surface area contributed by atoms with Crippen LogP contribution in [-0.4, -0.2) is 34.4 Å². The number of para-hydroxylation sites is 1. The minimum Gasteiger partial charge on any atom is -0.482 e. The maximum absolute atomic E-state index is 12.9. The fourth-order valence-corrected chi connectivity index (χ4v) is 4.42. The van der Waals surface area contributed by atoms with Gasteiger partial charge in [-0.15, -0.1) is 0 Å². The molecule has 1 fully saturated rings. The Morgan fingerprint density at radius 2 is 1.66 bits per heavy atom. The van der Waals surface area contributed by atoms with Crippen molar-refractivity contribution < 1.29 is 14.5 Å². The lowest BCUT2D eigenvalue weighted by atomic mass is 9.87. The number of fused-ring (bicyclic) bond motifs is 1. The van der Waals surface area contributed by atoms with Gasteiger partial charge in [0.25, 0.3) is 11.6 Å². The molecule has 0 radical (unpaired) electrons. The van der Waals surface area contributed by atoms with Crippen LogP contribution < -0.4 is 4.74 Å². The zero-order valence-electron chi connectivity index (χ0n) is 17.4. The number of rotatable bonds is 3. The number of nitro groups is 1. The lowest BCUT2D eigenvalue weighted by Gasteiger charge is -2.42. The molecule has 2 heterocycles. The van der Waals surface area contributed by atoms with Crippen molar-refractivity contribution >= 4 is 17.7 Å². The second-order valence-corrected chi connectivity index (χ2v) is 8.19. The highest BCUT2D eigenvalue weighted by Gasteiger charge is 2.39. The van der Waals surface area contributed by atoms with Crippen molar-refractivity contribution in [3.05, 3.63) is 100 Å². The molecule has 3 aromatic rings. The Morgan fingerprint density at radius 3 is 2.41 bits per heavy atom. The zero-order chi connectivity index (χ0) is 22.1. The van der Waals surface area contributed by atoms with Crippen LogP contribution in [0.25, 0.3) is 17.2 Å². The van der Waals surface area contributed by atoms with Gasteiger partial charge in [0.2, 0.25) is 0 Å². The number of carbonyl (C=O) groups excluding carboxylic acids is 1. The van der Waals surface area contributed by atoms with Crippen molar-refractivity contribution in [1.82, 2.24) is 4.90 Å². The number of hydrogen-bond donors (Lipinski definition) is 0. The van der Waals surface area contributed by atoms with Gasteiger partial charge in [-0.05, 0) is 35.4 Å². The first-order valence-corrected chi connectivity index (χ1v) is 10.7. The predicted octanol–water partition coefficient (Wildman–Crippen LogP) is 5.34. The molecular formula is C26H22N2O4. The molecule has 1 amide bonds. The average Bonchev–Trinajstić information content (AvgIpc) is 2.84. The fourth-order valence-electron chi connectivity index (χ4n) is 4.42. The summed E-state index contributed by atoms with van der Waals surface area (Å²) in [5.74, 6) is 0.533. The Bertz CT molecular complexity index is 1210. The zero-order valence-corrected chi connectivity index (χ0v) is 17.4. The first-order chi connectivity index (χ1) is 15.5. The van der Waals surface area contributed by atoms with Crippen molar-refractivity contribution in [2.24, 2.45) is 0 Å². The minimum absolute atomic E-state index is 0.132. The van der Waals surface area contributed by atoms with Crippen LogP contribution in [-0.2, 0) is 0 Å². The van der Waals surface area contributed by atoms with Gasteiger partial charge in [0.15, 0.2) is 0 Å². The van der Waals surface area contributed by atoms with Gasteiger partial charge < -0.3 is 9.64 Å². The van der Waals surface area contributed by atoms with E-state index in [1.165, 1.54) is 12.1 Å². The van der Waals surface area contributed by atoms with E-state index < -0.39 is 10.5 Å². The number of amides is 1. The van der Waals surface area contributed by atoms with Gasteiger partial charge in [0.1, 0.15) is 16.9 Å². The monoisotopic (exact) mass is 426 g/mol. The molecule has 32 heavy (non-hydrogen) atoms. The predicted molar refractivity (Wildman–Crippen MR) is 123 cm³/mol. The smallest absolute Gasteiger partial charge is 0.282 e. The quantitative estimate of drug-likeness (QED) is 0.418. The number of hydrogen-bond acceptors (Lipinski definition) is 4. The molecule has 0 saturated carbocycles. The molecule has 1 spiro atoms. The highest BCUT2D eigenvalue weighted by atomic mass is 16.6. The third-order valence-electron chi connectivity index (χ3n) is 6.22. The summed E-state index contributed by atoms with van der Waals surface area (Å²) in [6, 6.07) is 22.5. The van der Waals surface area contributed by atoms with E-state index in [-0.39, 0.29) is 17.2 Å². The number of carbonyl (C=O) groups is 1. The SMILES string of the molecule is O=C(c1ccccc1[N+](=O)[O-])N1CCC2(C=Cc3cc(-c4ccccc4)ccc3O2)CC1. The Labute approximate surface area is 185 Å².